The van der Waals surface area contributed by atoms with Crippen molar-refractivity contribution >= 4 is 31.0 Å². The second kappa shape index (κ2) is 8.90. The number of carbonyl (C=O) groups is 2. The molecule has 0 bridgehead atoms. The second-order valence-corrected chi connectivity index (χ2v) is 16.0. The van der Waals surface area contributed by atoms with Crippen LogP contribution in [0.15, 0.2) is 31.0 Å². The first-order valence-electron chi connectivity index (χ1n) is 11.3. The number of aliphatic carboxylic acids is 2. The number of nitrogens with zero attached hydrogens (tertiary/aromatic N) is 6. The van der Waals surface area contributed by atoms with E-state index < -0.39 is 31.0 Å². The first kappa shape index (κ1) is 24.6. The highest BCUT2D eigenvalue weighted by Gasteiger charge is 2.65. The molecule has 1 aliphatic carbocycles. The van der Waals surface area contributed by atoms with Crippen LogP contribution in [0.5, 0.6) is 0 Å². The average Bonchev–Trinajstić information content (AvgIpc) is 3.40. The monoisotopic (exact) mass is 496 g/mol. The maximum atomic E-state index is 11.7. The normalized spacial score (nSPS) is 16.5. The van der Waals surface area contributed by atoms with Crippen LogP contribution in [0.3, 0.4) is 0 Å². The quantitative estimate of drug-likeness (QED) is 0.244. The van der Waals surface area contributed by atoms with E-state index in [4.69, 9.17) is 4.74 Å². The number of hydrogen-bond acceptors (Lipinski definition) is 7. The molecule has 1 saturated carbocycles. The van der Waals surface area contributed by atoms with Crippen molar-refractivity contribution in [1.82, 2.24) is 24.3 Å². The van der Waals surface area contributed by atoms with E-state index in [1.165, 1.54) is 11.0 Å². The predicted octanol–water partition coefficient (Wildman–Crippen LogP) is 3.17. The lowest BCUT2D eigenvalue weighted by atomic mass is 9.56. The SMILES string of the molecule is C[Si](C)(C)CCOCn1ccc2c(-c3cnn(C4(CC#N)CC(C(=O)O)(C(=O)O)C4)c3)ncnc21. The van der Waals surface area contributed by atoms with Gasteiger partial charge in [-0.05, 0) is 12.1 Å². The Balaban J connectivity index is 1.59. The van der Waals surface area contributed by atoms with Crippen molar-refractivity contribution in [3.63, 3.8) is 0 Å². The fourth-order valence-electron chi connectivity index (χ4n) is 4.56. The number of aromatic nitrogens is 5. The van der Waals surface area contributed by atoms with Crippen LogP contribution < -0.4 is 0 Å². The van der Waals surface area contributed by atoms with Crippen LogP contribution in [-0.2, 0) is 26.6 Å². The van der Waals surface area contributed by atoms with E-state index in [0.29, 0.717) is 30.2 Å². The van der Waals surface area contributed by atoms with Gasteiger partial charge in [0.05, 0.1) is 29.9 Å². The zero-order chi connectivity index (χ0) is 25.4. The Labute approximate surface area is 203 Å². The molecule has 0 spiro atoms. The number of fused-ring (bicyclic) bond motifs is 1. The molecule has 11 nitrogen and oxygen atoms in total. The molecular weight excluding hydrogens is 468 g/mol. The van der Waals surface area contributed by atoms with Crippen molar-refractivity contribution in [2.75, 3.05) is 6.61 Å². The van der Waals surface area contributed by atoms with Gasteiger partial charge >= 0.3 is 11.9 Å². The van der Waals surface area contributed by atoms with Gasteiger partial charge in [0.15, 0.2) is 5.41 Å². The Morgan fingerprint density at radius 3 is 2.57 bits per heavy atom. The van der Waals surface area contributed by atoms with Crippen LogP contribution in [0.2, 0.25) is 25.7 Å². The van der Waals surface area contributed by atoms with E-state index in [9.17, 15) is 25.1 Å². The maximum absolute atomic E-state index is 11.7. The lowest BCUT2D eigenvalue weighted by Crippen LogP contribution is -2.60. The first-order chi connectivity index (χ1) is 16.5. The van der Waals surface area contributed by atoms with Gasteiger partial charge in [0.1, 0.15) is 18.7 Å². The van der Waals surface area contributed by atoms with Crippen LogP contribution in [-0.4, -0.2) is 61.1 Å². The van der Waals surface area contributed by atoms with E-state index in [0.717, 1.165) is 11.4 Å². The molecule has 3 aromatic rings. The minimum absolute atomic E-state index is 0.0548. The standard InChI is InChI=1S/C23H28N6O5Si/c1-35(2,3)9-8-34-15-28-7-4-17-18(25-14-26-19(17)28)16-10-27-29(11-16)22(5-6-24)12-23(13-22,20(30)31)21(32)33/h4,7,10-11,14H,5,8-9,12-13,15H2,1-3H3,(H,30,31)(H,32,33). The Morgan fingerprint density at radius 2 is 1.94 bits per heavy atom. The predicted molar refractivity (Wildman–Crippen MR) is 128 cm³/mol. The van der Waals surface area contributed by atoms with Crippen LogP contribution >= 0.6 is 0 Å². The molecule has 0 aliphatic heterocycles. The number of hydrogen-bond donors (Lipinski definition) is 2. The van der Waals surface area contributed by atoms with Gasteiger partial charge in [0, 0.05) is 50.9 Å². The first-order valence-corrected chi connectivity index (χ1v) is 15.0. The summed E-state index contributed by atoms with van der Waals surface area (Å²) < 4.78 is 9.28. The van der Waals surface area contributed by atoms with Crippen LogP contribution in [0.4, 0.5) is 0 Å². The topological polar surface area (TPSA) is 156 Å². The van der Waals surface area contributed by atoms with Gasteiger partial charge in [-0.15, -0.1) is 0 Å². The van der Waals surface area contributed by atoms with E-state index in [1.807, 2.05) is 16.8 Å². The van der Waals surface area contributed by atoms with E-state index >= 15 is 0 Å². The maximum Gasteiger partial charge on any atom is 0.321 e. The number of nitriles is 1. The zero-order valence-corrected chi connectivity index (χ0v) is 20.9. The fourth-order valence-corrected chi connectivity index (χ4v) is 5.32. The number of rotatable bonds is 10. The smallest absolute Gasteiger partial charge is 0.321 e. The minimum atomic E-state index is -1.92. The van der Waals surface area contributed by atoms with Crippen molar-refractivity contribution in [3.05, 3.63) is 31.0 Å². The summed E-state index contributed by atoms with van der Waals surface area (Å²) in [5, 5.41) is 33.5. The highest BCUT2D eigenvalue weighted by molar-refractivity contribution is 6.76. The van der Waals surface area contributed by atoms with Crippen LogP contribution in [0, 0.1) is 16.7 Å². The van der Waals surface area contributed by atoms with Gasteiger partial charge in [-0.25, -0.2) is 9.97 Å². The molecular formula is C23H28N6O5Si. The highest BCUT2D eigenvalue weighted by Crippen LogP contribution is 2.55. The summed E-state index contributed by atoms with van der Waals surface area (Å²) >= 11 is 0. The summed E-state index contributed by atoms with van der Waals surface area (Å²) in [5.41, 5.74) is -0.919. The van der Waals surface area contributed by atoms with Gasteiger partial charge in [0.2, 0.25) is 0 Å². The Kier molecular flexibility index (Phi) is 6.24. The number of ether oxygens (including phenoxy) is 1. The van der Waals surface area contributed by atoms with Gasteiger partial charge < -0.3 is 19.5 Å². The largest absolute Gasteiger partial charge is 0.480 e. The molecule has 0 unspecified atom stereocenters. The number of carboxylic acids is 2. The summed E-state index contributed by atoms with van der Waals surface area (Å²) in [4.78, 5) is 32.2. The molecule has 1 aliphatic rings. The Bertz CT molecular complexity index is 1300. The number of carboxylic acid groups (broad SMARTS) is 2. The molecule has 2 N–H and O–H groups in total. The second-order valence-electron chi connectivity index (χ2n) is 10.4. The molecule has 0 saturated heterocycles. The third-order valence-corrected chi connectivity index (χ3v) is 8.32. The van der Waals surface area contributed by atoms with E-state index in [2.05, 4.69) is 40.8 Å². The molecule has 184 valence electrons. The zero-order valence-electron chi connectivity index (χ0n) is 19.9. The van der Waals surface area contributed by atoms with Crippen molar-refractivity contribution in [3.8, 4) is 17.3 Å². The molecule has 3 aromatic heterocycles. The van der Waals surface area contributed by atoms with Gasteiger partial charge in [0.25, 0.3) is 0 Å². The lowest BCUT2D eigenvalue weighted by molar-refractivity contribution is -0.182. The summed E-state index contributed by atoms with van der Waals surface area (Å²) in [7, 11) is -1.18. The van der Waals surface area contributed by atoms with Gasteiger partial charge in [-0.1, -0.05) is 19.6 Å². The molecule has 12 heteroatoms. The van der Waals surface area contributed by atoms with Crippen molar-refractivity contribution < 1.29 is 24.5 Å². The molecule has 3 heterocycles. The van der Waals surface area contributed by atoms with E-state index in [-0.39, 0.29) is 19.3 Å². The van der Waals surface area contributed by atoms with Crippen LogP contribution in [0.1, 0.15) is 19.3 Å². The molecule has 4 rings (SSSR count). The van der Waals surface area contributed by atoms with Crippen molar-refractivity contribution in [1.29, 1.82) is 5.26 Å². The third-order valence-electron chi connectivity index (χ3n) is 6.61. The van der Waals surface area contributed by atoms with Crippen molar-refractivity contribution in [2.45, 2.75) is 57.2 Å². The average molecular weight is 497 g/mol. The highest BCUT2D eigenvalue weighted by atomic mass is 28.3. The summed E-state index contributed by atoms with van der Waals surface area (Å²) in [6.07, 6.45) is 6.13. The molecule has 0 atom stereocenters. The third kappa shape index (κ3) is 4.44. The Morgan fingerprint density at radius 1 is 1.23 bits per heavy atom. The Hall–Kier alpha value is -3.56. The summed E-state index contributed by atoms with van der Waals surface area (Å²) in [6.45, 7) is 7.97. The summed E-state index contributed by atoms with van der Waals surface area (Å²) in [5.74, 6) is -2.81. The van der Waals surface area contributed by atoms with Crippen molar-refractivity contribution in [2.24, 2.45) is 5.41 Å². The molecule has 0 radical (unpaired) electrons. The molecule has 35 heavy (non-hydrogen) atoms. The van der Waals surface area contributed by atoms with Gasteiger partial charge in [-0.2, -0.15) is 10.4 Å². The van der Waals surface area contributed by atoms with E-state index in [1.54, 1.807) is 12.4 Å². The molecule has 0 aromatic carbocycles. The minimum Gasteiger partial charge on any atom is -0.480 e. The summed E-state index contributed by atoms with van der Waals surface area (Å²) in [6, 6.07) is 5.02. The van der Waals surface area contributed by atoms with Gasteiger partial charge in [-0.3, -0.25) is 14.3 Å². The van der Waals surface area contributed by atoms with Crippen LogP contribution in [0.25, 0.3) is 22.3 Å². The fraction of sp³-hybridized carbons (Fsp3) is 0.478. The molecule has 1 fully saturated rings. The molecule has 0 amide bonds. The lowest BCUT2D eigenvalue weighted by Gasteiger charge is -2.50.